The molecule has 0 heterocycles. The van der Waals surface area contributed by atoms with Crippen LogP contribution < -0.4 is 24.3 Å². The first-order valence-electron chi connectivity index (χ1n) is 7.45. The van der Waals surface area contributed by atoms with Crippen LogP contribution in [-0.4, -0.2) is 28.4 Å². The summed E-state index contributed by atoms with van der Waals surface area (Å²) in [6, 6.07) is 11.8. The molecule has 124 valence electrons. The maximum Gasteiger partial charge on any atom is 0.169 e. The Morgan fingerprint density at radius 3 is 2.04 bits per heavy atom. The van der Waals surface area contributed by atoms with Gasteiger partial charge in [0.1, 0.15) is 24.6 Å². The third-order valence-electron chi connectivity index (χ3n) is 3.64. The first-order valence-corrected chi connectivity index (χ1v) is 7.45. The minimum atomic E-state index is 0.751. The van der Waals surface area contributed by atoms with Crippen molar-refractivity contribution in [2.45, 2.75) is 13.1 Å². The lowest BCUT2D eigenvalue weighted by Crippen LogP contribution is -2.80. The Balaban J connectivity index is 2.05. The fourth-order valence-corrected chi connectivity index (χ4v) is 2.49. The van der Waals surface area contributed by atoms with Crippen LogP contribution in [0.2, 0.25) is 0 Å². The summed E-state index contributed by atoms with van der Waals surface area (Å²) in [6.07, 6.45) is 0. The molecule has 0 aliphatic heterocycles. The summed E-state index contributed by atoms with van der Waals surface area (Å²) >= 11 is 0. The van der Waals surface area contributed by atoms with Crippen molar-refractivity contribution >= 4 is 0 Å². The average Bonchev–Trinajstić information content (AvgIpc) is 2.60. The van der Waals surface area contributed by atoms with E-state index in [9.17, 15) is 0 Å². The number of hydrogen-bond acceptors (Lipinski definition) is 4. The molecule has 2 aromatic carbocycles. The van der Waals surface area contributed by atoms with Gasteiger partial charge >= 0.3 is 0 Å². The second-order valence-corrected chi connectivity index (χ2v) is 5.07. The van der Waals surface area contributed by atoms with E-state index in [0.717, 1.165) is 47.2 Å². The van der Waals surface area contributed by atoms with Crippen LogP contribution in [0.3, 0.4) is 0 Å². The van der Waals surface area contributed by atoms with Gasteiger partial charge in [0, 0.05) is 11.6 Å². The van der Waals surface area contributed by atoms with E-state index in [1.807, 2.05) is 36.4 Å². The zero-order valence-corrected chi connectivity index (χ0v) is 14.1. The highest BCUT2D eigenvalue weighted by Crippen LogP contribution is 2.30. The smallest absolute Gasteiger partial charge is 0.169 e. The molecule has 2 rings (SSSR count). The lowest BCUT2D eigenvalue weighted by Gasteiger charge is -2.12. The van der Waals surface area contributed by atoms with E-state index in [1.165, 1.54) is 0 Å². The van der Waals surface area contributed by atoms with Crippen molar-refractivity contribution in [2.24, 2.45) is 0 Å². The van der Waals surface area contributed by atoms with Crippen LogP contribution in [0.1, 0.15) is 11.1 Å². The fraction of sp³-hybridized carbons (Fsp3) is 0.333. The largest absolute Gasteiger partial charge is 0.497 e. The minimum Gasteiger partial charge on any atom is -0.497 e. The Morgan fingerprint density at radius 2 is 1.48 bits per heavy atom. The summed E-state index contributed by atoms with van der Waals surface area (Å²) in [7, 11) is 6.62. The van der Waals surface area contributed by atoms with Gasteiger partial charge in [-0.2, -0.15) is 0 Å². The minimum absolute atomic E-state index is 0.751. The molecule has 0 spiro atoms. The van der Waals surface area contributed by atoms with Gasteiger partial charge in [0.15, 0.2) is 11.5 Å². The van der Waals surface area contributed by atoms with E-state index < -0.39 is 0 Å². The monoisotopic (exact) mass is 318 g/mol. The molecule has 5 heteroatoms. The van der Waals surface area contributed by atoms with Gasteiger partial charge in [0.05, 0.1) is 34.0 Å². The van der Waals surface area contributed by atoms with Crippen LogP contribution in [0, 0.1) is 0 Å². The fourth-order valence-electron chi connectivity index (χ4n) is 2.49. The van der Waals surface area contributed by atoms with E-state index >= 15 is 0 Å². The van der Waals surface area contributed by atoms with Crippen molar-refractivity contribution in [1.29, 1.82) is 0 Å². The SMILES string of the molecule is COc1cc(C[NH2+]Cc2cccc(OC)c2OC)cc(OC)c1. The quantitative estimate of drug-likeness (QED) is 0.809. The van der Waals surface area contributed by atoms with Crippen LogP contribution in [0.25, 0.3) is 0 Å². The summed E-state index contributed by atoms with van der Waals surface area (Å²) in [5.41, 5.74) is 2.24. The van der Waals surface area contributed by atoms with Gasteiger partial charge in [-0.05, 0) is 24.3 Å². The molecule has 0 bridgehead atoms. The molecule has 0 saturated heterocycles. The number of methoxy groups -OCH3 is 4. The summed E-state index contributed by atoms with van der Waals surface area (Å²) in [5.74, 6) is 3.13. The van der Waals surface area contributed by atoms with Gasteiger partial charge in [0.2, 0.25) is 0 Å². The molecule has 0 aliphatic carbocycles. The molecule has 0 unspecified atom stereocenters. The number of quaternary nitrogens is 1. The van der Waals surface area contributed by atoms with Crippen LogP contribution in [0.5, 0.6) is 23.0 Å². The van der Waals surface area contributed by atoms with Crippen molar-refractivity contribution < 1.29 is 24.3 Å². The molecule has 0 saturated carbocycles. The average molecular weight is 318 g/mol. The van der Waals surface area contributed by atoms with Crippen LogP contribution in [0.4, 0.5) is 0 Å². The standard InChI is InChI=1S/C18H23NO4/c1-20-15-8-13(9-16(10-15)21-2)11-19-12-14-6-5-7-17(22-3)18(14)23-4/h5-10,19H,11-12H2,1-4H3/p+1. The summed E-state index contributed by atoms with van der Waals surface area (Å²) in [6.45, 7) is 1.60. The zero-order chi connectivity index (χ0) is 16.7. The molecule has 0 fully saturated rings. The van der Waals surface area contributed by atoms with Gasteiger partial charge in [-0.25, -0.2) is 0 Å². The normalized spacial score (nSPS) is 10.3. The van der Waals surface area contributed by atoms with Gasteiger partial charge in [0.25, 0.3) is 0 Å². The number of nitrogens with two attached hydrogens (primary N) is 1. The highest BCUT2D eigenvalue weighted by atomic mass is 16.5. The van der Waals surface area contributed by atoms with Gasteiger partial charge in [-0.1, -0.05) is 6.07 Å². The van der Waals surface area contributed by atoms with E-state index in [1.54, 1.807) is 28.4 Å². The van der Waals surface area contributed by atoms with Gasteiger partial charge in [-0.3, -0.25) is 0 Å². The topological polar surface area (TPSA) is 53.5 Å². The highest BCUT2D eigenvalue weighted by Gasteiger charge is 2.11. The van der Waals surface area contributed by atoms with Crippen molar-refractivity contribution in [2.75, 3.05) is 28.4 Å². The summed E-state index contributed by atoms with van der Waals surface area (Å²) < 4.78 is 21.4. The Hall–Kier alpha value is -2.40. The lowest BCUT2D eigenvalue weighted by atomic mass is 10.1. The zero-order valence-electron chi connectivity index (χ0n) is 14.1. The maximum atomic E-state index is 5.46. The summed E-state index contributed by atoms with van der Waals surface area (Å²) in [4.78, 5) is 0. The molecule has 0 atom stereocenters. The molecular weight excluding hydrogens is 294 g/mol. The van der Waals surface area contributed by atoms with Crippen molar-refractivity contribution in [3.8, 4) is 23.0 Å². The second-order valence-electron chi connectivity index (χ2n) is 5.07. The van der Waals surface area contributed by atoms with E-state index in [4.69, 9.17) is 18.9 Å². The predicted octanol–water partition coefficient (Wildman–Crippen LogP) is 1.98. The molecule has 0 aliphatic rings. The number of benzene rings is 2. The van der Waals surface area contributed by atoms with Crippen molar-refractivity contribution in [3.63, 3.8) is 0 Å². The van der Waals surface area contributed by atoms with Crippen LogP contribution in [0.15, 0.2) is 36.4 Å². The predicted molar refractivity (Wildman–Crippen MR) is 88.4 cm³/mol. The van der Waals surface area contributed by atoms with E-state index in [-0.39, 0.29) is 0 Å². The Morgan fingerprint density at radius 1 is 0.783 bits per heavy atom. The molecule has 23 heavy (non-hydrogen) atoms. The Kier molecular flexibility index (Phi) is 6.11. The molecule has 0 amide bonds. The molecule has 2 N–H and O–H groups in total. The number of rotatable bonds is 8. The third kappa shape index (κ3) is 4.29. The van der Waals surface area contributed by atoms with Crippen molar-refractivity contribution in [1.82, 2.24) is 0 Å². The first kappa shape index (κ1) is 17.0. The van der Waals surface area contributed by atoms with Gasteiger partial charge in [-0.15, -0.1) is 0 Å². The molecular formula is C18H24NO4+. The number of para-hydroxylation sites is 1. The molecule has 0 radical (unpaired) electrons. The lowest BCUT2D eigenvalue weighted by molar-refractivity contribution is -0.686. The first-order chi connectivity index (χ1) is 11.2. The Bertz CT molecular complexity index is 621. The number of ether oxygens (including phenoxy) is 4. The number of hydrogen-bond donors (Lipinski definition) is 1. The maximum absolute atomic E-state index is 5.46. The highest BCUT2D eigenvalue weighted by molar-refractivity contribution is 5.46. The summed E-state index contributed by atoms with van der Waals surface area (Å²) in [5, 5.41) is 2.20. The molecule has 0 aromatic heterocycles. The van der Waals surface area contributed by atoms with Gasteiger partial charge < -0.3 is 24.3 Å². The van der Waals surface area contributed by atoms with E-state index in [0.29, 0.717) is 0 Å². The second kappa shape index (κ2) is 8.29. The molecule has 2 aromatic rings. The third-order valence-corrected chi connectivity index (χ3v) is 3.64. The molecule has 5 nitrogen and oxygen atoms in total. The van der Waals surface area contributed by atoms with Crippen molar-refractivity contribution in [3.05, 3.63) is 47.5 Å². The van der Waals surface area contributed by atoms with Crippen LogP contribution in [-0.2, 0) is 13.1 Å². The van der Waals surface area contributed by atoms with E-state index in [2.05, 4.69) is 5.32 Å². The Labute approximate surface area is 137 Å². The van der Waals surface area contributed by atoms with Crippen LogP contribution >= 0.6 is 0 Å².